The average Bonchev–Trinajstić information content (AvgIpc) is 3.41. The van der Waals surface area contributed by atoms with Gasteiger partial charge >= 0.3 is 0 Å². The summed E-state index contributed by atoms with van der Waals surface area (Å²) in [6, 6.07) is 14.6. The van der Waals surface area contributed by atoms with Gasteiger partial charge < -0.3 is 9.88 Å². The summed E-state index contributed by atoms with van der Waals surface area (Å²) in [6.07, 6.45) is 1.80. The Morgan fingerprint density at radius 2 is 1.79 bits per heavy atom. The van der Waals surface area contributed by atoms with E-state index in [2.05, 4.69) is 5.32 Å². The maximum Gasteiger partial charge on any atom is 0.272 e. The zero-order valence-electron chi connectivity index (χ0n) is 12.8. The lowest BCUT2D eigenvalue weighted by Crippen LogP contribution is -2.28. The van der Waals surface area contributed by atoms with E-state index in [-0.39, 0.29) is 23.3 Å². The largest absolute Gasteiger partial charge is 0.321 e. The number of nitrogens with one attached hydrogen (secondary N) is 1. The molecule has 1 fully saturated rings. The first-order valence-corrected chi connectivity index (χ1v) is 7.85. The van der Waals surface area contributed by atoms with Crippen molar-refractivity contribution in [3.05, 3.63) is 76.5 Å². The van der Waals surface area contributed by atoms with Crippen molar-refractivity contribution in [3.8, 4) is 0 Å². The highest BCUT2D eigenvalue weighted by Crippen LogP contribution is 2.35. The summed E-state index contributed by atoms with van der Waals surface area (Å²) in [5.41, 5.74) is 0.690. The van der Waals surface area contributed by atoms with Gasteiger partial charge in [0.2, 0.25) is 0 Å². The molecule has 1 saturated carbocycles. The Kier molecular flexibility index (Phi) is 3.41. The van der Waals surface area contributed by atoms with Gasteiger partial charge in [-0.15, -0.1) is 0 Å². The minimum Gasteiger partial charge on any atom is -0.321 e. The molecule has 0 spiro atoms. The van der Waals surface area contributed by atoms with Crippen molar-refractivity contribution in [3.63, 3.8) is 0 Å². The molecule has 0 bridgehead atoms. The SMILES string of the molecule is O=C(Nc1ccc(F)cc1)c1cc2ccccc2c(=O)n1C1CC1. The first-order valence-electron chi connectivity index (χ1n) is 7.85. The van der Waals surface area contributed by atoms with Crippen LogP contribution in [0, 0.1) is 5.82 Å². The number of aromatic nitrogens is 1. The van der Waals surface area contributed by atoms with Crippen molar-refractivity contribution >= 4 is 22.4 Å². The summed E-state index contributed by atoms with van der Waals surface area (Å²) in [7, 11) is 0. The number of carbonyl (C=O) groups excluding carboxylic acids is 1. The van der Waals surface area contributed by atoms with Crippen molar-refractivity contribution in [2.45, 2.75) is 18.9 Å². The second kappa shape index (κ2) is 5.60. The number of fused-ring (bicyclic) bond motifs is 1. The van der Waals surface area contributed by atoms with Crippen LogP contribution in [0.5, 0.6) is 0 Å². The van der Waals surface area contributed by atoms with E-state index >= 15 is 0 Å². The summed E-state index contributed by atoms with van der Waals surface area (Å²) in [5, 5.41) is 4.09. The summed E-state index contributed by atoms with van der Waals surface area (Å²) in [4.78, 5) is 25.4. The fourth-order valence-corrected chi connectivity index (χ4v) is 2.87. The number of benzene rings is 2. The Morgan fingerprint density at radius 3 is 2.50 bits per heavy atom. The van der Waals surface area contributed by atoms with Crippen LogP contribution in [0.3, 0.4) is 0 Å². The van der Waals surface area contributed by atoms with Crippen molar-refractivity contribution in [2.24, 2.45) is 0 Å². The highest BCUT2D eigenvalue weighted by atomic mass is 19.1. The summed E-state index contributed by atoms with van der Waals surface area (Å²) < 4.78 is 14.6. The minimum absolute atomic E-state index is 0.0797. The van der Waals surface area contributed by atoms with E-state index in [1.54, 1.807) is 16.7 Å². The van der Waals surface area contributed by atoms with Crippen molar-refractivity contribution in [1.29, 1.82) is 0 Å². The number of carbonyl (C=O) groups is 1. The van der Waals surface area contributed by atoms with Crippen LogP contribution in [-0.4, -0.2) is 10.5 Å². The summed E-state index contributed by atoms with van der Waals surface area (Å²) >= 11 is 0. The van der Waals surface area contributed by atoms with E-state index < -0.39 is 0 Å². The average molecular weight is 322 g/mol. The topological polar surface area (TPSA) is 51.1 Å². The molecule has 1 heterocycles. The first kappa shape index (κ1) is 14.6. The summed E-state index contributed by atoms with van der Waals surface area (Å²) in [6.45, 7) is 0. The van der Waals surface area contributed by atoms with Gasteiger partial charge in [-0.3, -0.25) is 9.59 Å². The normalized spacial score (nSPS) is 13.9. The number of nitrogens with zero attached hydrogens (tertiary/aromatic N) is 1. The maximum atomic E-state index is 13.0. The molecule has 1 aliphatic rings. The molecule has 1 amide bonds. The molecule has 1 aliphatic carbocycles. The highest BCUT2D eigenvalue weighted by Gasteiger charge is 2.29. The second-order valence-corrected chi connectivity index (χ2v) is 5.98. The first-order chi connectivity index (χ1) is 11.6. The third-order valence-electron chi connectivity index (χ3n) is 4.21. The monoisotopic (exact) mass is 322 g/mol. The minimum atomic E-state index is -0.367. The number of pyridine rings is 1. The van der Waals surface area contributed by atoms with Crippen molar-refractivity contribution in [1.82, 2.24) is 4.57 Å². The fraction of sp³-hybridized carbons (Fsp3) is 0.158. The molecule has 0 aliphatic heterocycles. The predicted octanol–water partition coefficient (Wildman–Crippen LogP) is 3.73. The standard InChI is InChI=1S/C19H15FN2O2/c20-13-5-7-14(8-6-13)21-18(23)17-11-12-3-1-2-4-16(12)19(24)22(17)15-9-10-15/h1-8,11,15H,9-10H2,(H,21,23). The zero-order chi connectivity index (χ0) is 16.7. The molecule has 120 valence electrons. The smallest absolute Gasteiger partial charge is 0.272 e. The number of hydrogen-bond donors (Lipinski definition) is 1. The quantitative estimate of drug-likeness (QED) is 0.799. The Morgan fingerprint density at radius 1 is 1.08 bits per heavy atom. The molecule has 0 radical (unpaired) electrons. The third-order valence-corrected chi connectivity index (χ3v) is 4.21. The molecule has 3 aromatic rings. The number of hydrogen-bond acceptors (Lipinski definition) is 2. The molecule has 0 atom stereocenters. The van der Waals surface area contributed by atoms with Crippen molar-refractivity contribution in [2.75, 3.05) is 5.32 Å². The van der Waals surface area contributed by atoms with E-state index in [9.17, 15) is 14.0 Å². The van der Waals surface area contributed by atoms with Gasteiger partial charge in [-0.25, -0.2) is 4.39 Å². The molecular formula is C19H15FN2O2. The van der Waals surface area contributed by atoms with Gasteiger partial charge in [-0.1, -0.05) is 18.2 Å². The van der Waals surface area contributed by atoms with Crippen LogP contribution in [-0.2, 0) is 0 Å². The Balaban J connectivity index is 1.80. The van der Waals surface area contributed by atoms with E-state index in [0.29, 0.717) is 16.8 Å². The number of halogens is 1. The van der Waals surface area contributed by atoms with E-state index in [1.165, 1.54) is 24.3 Å². The maximum absolute atomic E-state index is 13.0. The molecule has 0 unspecified atom stereocenters. The van der Waals surface area contributed by atoms with Crippen LogP contribution in [0.25, 0.3) is 10.8 Å². The third kappa shape index (κ3) is 2.58. The van der Waals surface area contributed by atoms with Crippen LogP contribution in [0.15, 0.2) is 59.4 Å². The van der Waals surface area contributed by atoms with Gasteiger partial charge in [0.1, 0.15) is 11.5 Å². The number of rotatable bonds is 3. The molecule has 4 nitrogen and oxygen atoms in total. The molecule has 1 aromatic heterocycles. The van der Waals surface area contributed by atoms with Gasteiger partial charge in [0.25, 0.3) is 11.5 Å². The van der Waals surface area contributed by atoms with E-state index in [4.69, 9.17) is 0 Å². The molecule has 1 N–H and O–H groups in total. The van der Waals surface area contributed by atoms with Gasteiger partial charge in [0.15, 0.2) is 0 Å². The van der Waals surface area contributed by atoms with E-state index in [0.717, 1.165) is 18.2 Å². The lowest BCUT2D eigenvalue weighted by molar-refractivity contribution is 0.101. The van der Waals surface area contributed by atoms with Crippen LogP contribution in [0.2, 0.25) is 0 Å². The van der Waals surface area contributed by atoms with Crippen LogP contribution >= 0.6 is 0 Å². The zero-order valence-corrected chi connectivity index (χ0v) is 12.8. The summed E-state index contributed by atoms with van der Waals surface area (Å²) in [5.74, 6) is -0.732. The lowest BCUT2D eigenvalue weighted by Gasteiger charge is -2.14. The molecule has 0 saturated heterocycles. The van der Waals surface area contributed by atoms with Gasteiger partial charge in [0.05, 0.1) is 0 Å². The van der Waals surface area contributed by atoms with E-state index in [1.807, 2.05) is 18.2 Å². The Hall–Kier alpha value is -2.95. The Labute approximate surface area is 137 Å². The van der Waals surface area contributed by atoms with Gasteiger partial charge in [0, 0.05) is 17.1 Å². The number of amides is 1. The fourth-order valence-electron chi connectivity index (χ4n) is 2.87. The second-order valence-electron chi connectivity index (χ2n) is 5.98. The lowest BCUT2D eigenvalue weighted by atomic mass is 10.1. The highest BCUT2D eigenvalue weighted by molar-refractivity contribution is 6.05. The molecule has 24 heavy (non-hydrogen) atoms. The van der Waals surface area contributed by atoms with Crippen LogP contribution < -0.4 is 10.9 Å². The van der Waals surface area contributed by atoms with Gasteiger partial charge in [-0.2, -0.15) is 0 Å². The van der Waals surface area contributed by atoms with Gasteiger partial charge in [-0.05, 0) is 54.6 Å². The van der Waals surface area contributed by atoms with Crippen molar-refractivity contribution < 1.29 is 9.18 Å². The van der Waals surface area contributed by atoms with Crippen LogP contribution in [0.1, 0.15) is 29.4 Å². The predicted molar refractivity (Wildman–Crippen MR) is 90.8 cm³/mol. The Bertz CT molecular complexity index is 988. The molecule has 2 aromatic carbocycles. The molecular weight excluding hydrogens is 307 g/mol. The van der Waals surface area contributed by atoms with Crippen LogP contribution in [0.4, 0.5) is 10.1 Å². The number of anilines is 1. The molecule has 5 heteroatoms. The molecule has 4 rings (SSSR count).